The fourth-order valence-electron chi connectivity index (χ4n) is 2.82. The minimum atomic E-state index is -2.53. The standard InChI is InChI=1S/C13H16F2N6S/c14-13(15)1-4-20(5-2-13)12-17-9(8-22-12)11-19-18-10-7-16-3-6-21(10)11/h8,16H,1-7H2. The Morgan fingerprint density at radius 2 is 2.00 bits per heavy atom. The maximum absolute atomic E-state index is 13.2. The van der Waals surface area contributed by atoms with Gasteiger partial charge in [0.05, 0.1) is 6.54 Å². The number of nitrogens with one attached hydrogen (secondary N) is 1. The molecule has 0 unspecified atom stereocenters. The average Bonchev–Trinajstić information content (AvgIpc) is 3.13. The highest BCUT2D eigenvalue weighted by Crippen LogP contribution is 2.33. The van der Waals surface area contributed by atoms with Gasteiger partial charge < -0.3 is 14.8 Å². The van der Waals surface area contributed by atoms with Gasteiger partial charge in [-0.2, -0.15) is 0 Å². The molecule has 6 nitrogen and oxygen atoms in total. The molecule has 2 aliphatic heterocycles. The first-order valence-corrected chi connectivity index (χ1v) is 8.22. The summed E-state index contributed by atoms with van der Waals surface area (Å²) in [5.74, 6) is -0.856. The zero-order chi connectivity index (χ0) is 15.2. The normalized spacial score (nSPS) is 20.9. The van der Waals surface area contributed by atoms with E-state index in [0.29, 0.717) is 19.6 Å². The first-order valence-electron chi connectivity index (χ1n) is 7.34. The van der Waals surface area contributed by atoms with Crippen molar-refractivity contribution in [1.29, 1.82) is 0 Å². The number of anilines is 1. The van der Waals surface area contributed by atoms with E-state index in [2.05, 4.69) is 25.1 Å². The van der Waals surface area contributed by atoms with E-state index in [1.807, 2.05) is 10.3 Å². The summed E-state index contributed by atoms with van der Waals surface area (Å²) in [6, 6.07) is 0. The third-order valence-electron chi connectivity index (χ3n) is 4.11. The minimum absolute atomic E-state index is 0.103. The second kappa shape index (κ2) is 5.24. The molecule has 0 amide bonds. The number of rotatable bonds is 2. The van der Waals surface area contributed by atoms with Gasteiger partial charge in [-0.15, -0.1) is 21.5 Å². The van der Waals surface area contributed by atoms with E-state index in [-0.39, 0.29) is 12.8 Å². The summed E-state index contributed by atoms with van der Waals surface area (Å²) in [6.45, 7) is 3.12. The molecule has 0 aliphatic carbocycles. The molecule has 1 N–H and O–H groups in total. The zero-order valence-electron chi connectivity index (χ0n) is 11.9. The average molecular weight is 326 g/mol. The molecule has 0 aromatic carbocycles. The SMILES string of the molecule is FC1(F)CCN(c2nc(-c3nnc4n3CCNC4)cs2)CC1. The first-order chi connectivity index (χ1) is 10.6. The van der Waals surface area contributed by atoms with Gasteiger partial charge in [0.25, 0.3) is 5.92 Å². The Hall–Kier alpha value is -1.61. The molecule has 1 saturated heterocycles. The number of hydrogen-bond donors (Lipinski definition) is 1. The summed E-state index contributed by atoms with van der Waals surface area (Å²) in [7, 11) is 0. The Balaban J connectivity index is 1.56. The Kier molecular flexibility index (Phi) is 3.33. The van der Waals surface area contributed by atoms with Gasteiger partial charge in [0.2, 0.25) is 0 Å². The third kappa shape index (κ3) is 2.48. The highest BCUT2D eigenvalue weighted by atomic mass is 32.1. The van der Waals surface area contributed by atoms with Gasteiger partial charge in [-0.1, -0.05) is 0 Å². The Morgan fingerprint density at radius 3 is 2.82 bits per heavy atom. The fraction of sp³-hybridized carbons (Fsp3) is 0.615. The molecule has 2 aromatic rings. The fourth-order valence-corrected chi connectivity index (χ4v) is 3.68. The predicted octanol–water partition coefficient (Wildman–Crippen LogP) is 1.74. The molecule has 22 heavy (non-hydrogen) atoms. The molecular formula is C13H16F2N6S. The number of piperidine rings is 1. The molecule has 2 aliphatic rings. The zero-order valence-corrected chi connectivity index (χ0v) is 12.7. The van der Waals surface area contributed by atoms with Gasteiger partial charge in [-0.3, -0.25) is 0 Å². The van der Waals surface area contributed by atoms with Gasteiger partial charge in [-0.25, -0.2) is 13.8 Å². The van der Waals surface area contributed by atoms with E-state index in [1.165, 1.54) is 11.3 Å². The number of fused-ring (bicyclic) bond motifs is 1. The summed E-state index contributed by atoms with van der Waals surface area (Å²) in [6.07, 6.45) is -0.207. The first kappa shape index (κ1) is 14.0. The molecule has 0 saturated carbocycles. The molecule has 118 valence electrons. The van der Waals surface area contributed by atoms with Crippen molar-refractivity contribution in [3.05, 3.63) is 11.2 Å². The van der Waals surface area contributed by atoms with Crippen LogP contribution in [-0.2, 0) is 13.1 Å². The lowest BCUT2D eigenvalue weighted by Crippen LogP contribution is -2.39. The molecule has 4 rings (SSSR count). The molecule has 0 radical (unpaired) electrons. The van der Waals surface area contributed by atoms with Crippen LogP contribution in [0.2, 0.25) is 0 Å². The smallest absolute Gasteiger partial charge is 0.251 e. The number of alkyl halides is 2. The van der Waals surface area contributed by atoms with E-state index >= 15 is 0 Å². The van der Waals surface area contributed by atoms with E-state index in [4.69, 9.17) is 0 Å². The third-order valence-corrected chi connectivity index (χ3v) is 5.01. The lowest BCUT2D eigenvalue weighted by Gasteiger charge is -2.31. The van der Waals surface area contributed by atoms with Crippen molar-refractivity contribution >= 4 is 16.5 Å². The van der Waals surface area contributed by atoms with Crippen molar-refractivity contribution in [1.82, 2.24) is 25.1 Å². The van der Waals surface area contributed by atoms with Gasteiger partial charge in [0.15, 0.2) is 11.0 Å². The van der Waals surface area contributed by atoms with Crippen LogP contribution < -0.4 is 10.2 Å². The van der Waals surface area contributed by atoms with Crippen LogP contribution in [0, 0.1) is 0 Å². The number of halogens is 2. The van der Waals surface area contributed by atoms with Crippen molar-refractivity contribution in [2.45, 2.75) is 31.9 Å². The molecule has 0 bridgehead atoms. The van der Waals surface area contributed by atoms with Crippen LogP contribution in [0.1, 0.15) is 18.7 Å². The maximum Gasteiger partial charge on any atom is 0.251 e. The second-order valence-corrected chi connectivity index (χ2v) is 6.46. The number of hydrogen-bond acceptors (Lipinski definition) is 6. The number of thiazole rings is 1. The van der Waals surface area contributed by atoms with Gasteiger partial charge in [-0.05, 0) is 0 Å². The quantitative estimate of drug-likeness (QED) is 0.911. The van der Waals surface area contributed by atoms with Crippen LogP contribution in [-0.4, -0.2) is 45.3 Å². The van der Waals surface area contributed by atoms with E-state index in [0.717, 1.165) is 35.6 Å². The predicted molar refractivity (Wildman–Crippen MR) is 79.2 cm³/mol. The van der Waals surface area contributed by atoms with E-state index < -0.39 is 5.92 Å². The summed E-state index contributed by atoms with van der Waals surface area (Å²) >= 11 is 1.48. The van der Waals surface area contributed by atoms with Gasteiger partial charge in [0.1, 0.15) is 11.5 Å². The highest BCUT2D eigenvalue weighted by Gasteiger charge is 2.35. The van der Waals surface area contributed by atoms with Gasteiger partial charge >= 0.3 is 0 Å². The lowest BCUT2D eigenvalue weighted by molar-refractivity contribution is -0.0220. The minimum Gasteiger partial charge on any atom is -0.348 e. The molecular weight excluding hydrogens is 310 g/mol. The molecule has 0 atom stereocenters. The number of aromatic nitrogens is 4. The van der Waals surface area contributed by atoms with Crippen molar-refractivity contribution in [3.8, 4) is 11.5 Å². The Morgan fingerprint density at radius 1 is 1.18 bits per heavy atom. The largest absolute Gasteiger partial charge is 0.348 e. The van der Waals surface area contributed by atoms with Crippen LogP contribution in [0.25, 0.3) is 11.5 Å². The van der Waals surface area contributed by atoms with E-state index in [9.17, 15) is 8.78 Å². The summed E-state index contributed by atoms with van der Waals surface area (Å²) in [4.78, 5) is 6.52. The van der Waals surface area contributed by atoms with Crippen molar-refractivity contribution in [2.24, 2.45) is 0 Å². The van der Waals surface area contributed by atoms with Crippen molar-refractivity contribution < 1.29 is 8.78 Å². The maximum atomic E-state index is 13.2. The molecule has 0 spiro atoms. The van der Waals surface area contributed by atoms with Crippen LogP contribution in [0.3, 0.4) is 0 Å². The van der Waals surface area contributed by atoms with Crippen LogP contribution in [0.5, 0.6) is 0 Å². The molecule has 2 aromatic heterocycles. The summed E-state index contributed by atoms with van der Waals surface area (Å²) in [5.41, 5.74) is 0.776. The van der Waals surface area contributed by atoms with Gasteiger partial charge in [0, 0.05) is 44.4 Å². The topological polar surface area (TPSA) is 58.9 Å². The molecule has 1 fully saturated rings. The highest BCUT2D eigenvalue weighted by molar-refractivity contribution is 7.14. The monoisotopic (exact) mass is 326 g/mol. The Bertz CT molecular complexity index is 672. The van der Waals surface area contributed by atoms with Crippen LogP contribution in [0.15, 0.2) is 5.38 Å². The van der Waals surface area contributed by atoms with Crippen molar-refractivity contribution in [2.75, 3.05) is 24.5 Å². The lowest BCUT2D eigenvalue weighted by atomic mass is 10.1. The van der Waals surface area contributed by atoms with Crippen LogP contribution >= 0.6 is 11.3 Å². The molecule has 4 heterocycles. The van der Waals surface area contributed by atoms with Crippen molar-refractivity contribution in [3.63, 3.8) is 0 Å². The second-order valence-electron chi connectivity index (χ2n) is 5.63. The van der Waals surface area contributed by atoms with Crippen LogP contribution in [0.4, 0.5) is 13.9 Å². The summed E-state index contributed by atoms with van der Waals surface area (Å²) < 4.78 is 28.5. The molecule has 9 heteroatoms. The number of nitrogens with zero attached hydrogens (tertiary/aromatic N) is 5. The Labute approximate surface area is 130 Å². The van der Waals surface area contributed by atoms with E-state index in [1.54, 1.807) is 0 Å². The summed E-state index contributed by atoms with van der Waals surface area (Å²) in [5, 5.41) is 14.4.